The molecule has 0 spiro atoms. The largest absolute Gasteiger partial charge is 0.756 e. The van der Waals surface area contributed by atoms with Gasteiger partial charge in [0, 0.05) is 6.42 Å². The lowest BCUT2D eigenvalue weighted by Gasteiger charge is -2.29. The van der Waals surface area contributed by atoms with Gasteiger partial charge in [-0.1, -0.05) is 159 Å². The lowest BCUT2D eigenvalue weighted by Crippen LogP contribution is -2.45. The minimum atomic E-state index is -4.56. The third kappa shape index (κ3) is 36.9. The van der Waals surface area contributed by atoms with Gasteiger partial charge in [-0.3, -0.25) is 9.36 Å². The number of hydrogen-bond donors (Lipinski definition) is 2. The number of carbonyl (C=O) groups is 1. The molecule has 0 fully saturated rings. The monoisotopic (exact) mass is 741 g/mol. The van der Waals surface area contributed by atoms with Crippen LogP contribution < -0.4 is 10.2 Å². The van der Waals surface area contributed by atoms with Crippen LogP contribution in [0.1, 0.15) is 174 Å². The Bertz CT molecular complexity index is 933. The van der Waals surface area contributed by atoms with E-state index in [1.807, 2.05) is 27.2 Å². The first-order valence-electron chi connectivity index (χ1n) is 20.9. The van der Waals surface area contributed by atoms with Gasteiger partial charge < -0.3 is 28.8 Å². The SMILES string of the molecule is CCCC/C=C/C(O)C(COP(=O)([O-])OCC[N+](C)(C)C)NC(=O)CCCCCCCCCCCCCCC/C=C\C/C=C\CCCCCCC. The highest BCUT2D eigenvalue weighted by atomic mass is 31.2. The molecule has 0 saturated carbocycles. The number of likely N-dealkylation sites (N-methyl/N-ethyl adjacent to an activating group) is 1. The van der Waals surface area contributed by atoms with Crippen LogP contribution in [-0.4, -0.2) is 68.5 Å². The smallest absolute Gasteiger partial charge is 0.268 e. The highest BCUT2D eigenvalue weighted by Gasteiger charge is 2.23. The van der Waals surface area contributed by atoms with Crippen LogP contribution in [-0.2, 0) is 18.4 Å². The Morgan fingerprint density at radius 1 is 0.686 bits per heavy atom. The standard InChI is InChI=1S/C42H81N2O6P/c1-6-8-10-12-13-14-15-16-17-18-19-20-21-22-23-24-25-26-27-28-29-30-31-32-34-36-42(46)43-40(41(45)35-33-11-9-7-2)39-50-51(47,48)49-38-37-44(3,4)5/h15-16,18-19,33,35,40-41,45H,6-14,17,20-32,34,36-39H2,1-5H3,(H-,43,46,47,48)/b16-15-,19-18-,35-33+. The molecule has 1 amide bonds. The van der Waals surface area contributed by atoms with Crippen LogP contribution in [0, 0.1) is 0 Å². The third-order valence-corrected chi connectivity index (χ3v) is 10.1. The number of nitrogens with zero attached hydrogens (tertiary/aromatic N) is 1. The molecule has 300 valence electrons. The molecule has 0 aliphatic rings. The van der Waals surface area contributed by atoms with Crippen LogP contribution >= 0.6 is 7.82 Å². The lowest BCUT2D eigenvalue weighted by atomic mass is 10.0. The summed E-state index contributed by atoms with van der Waals surface area (Å²) in [7, 11) is 1.25. The number of phosphoric ester groups is 1. The fourth-order valence-electron chi connectivity index (χ4n) is 5.70. The molecule has 3 atom stereocenters. The molecule has 2 N–H and O–H groups in total. The molecule has 0 bridgehead atoms. The number of quaternary nitrogens is 1. The summed E-state index contributed by atoms with van der Waals surface area (Å²) in [6.45, 7) is 4.47. The number of allylic oxidation sites excluding steroid dienone is 5. The fraction of sp³-hybridized carbons (Fsp3) is 0.833. The number of phosphoric acid groups is 1. The number of amides is 1. The van der Waals surface area contributed by atoms with Crippen LogP contribution in [0.4, 0.5) is 0 Å². The number of hydrogen-bond acceptors (Lipinski definition) is 6. The van der Waals surface area contributed by atoms with E-state index in [1.54, 1.807) is 6.08 Å². The average Bonchev–Trinajstić information content (AvgIpc) is 3.07. The summed E-state index contributed by atoms with van der Waals surface area (Å²) in [5.41, 5.74) is 0. The Labute approximate surface area is 315 Å². The molecule has 0 aromatic rings. The topological polar surface area (TPSA) is 108 Å². The summed E-state index contributed by atoms with van der Waals surface area (Å²) < 4.78 is 22.9. The summed E-state index contributed by atoms with van der Waals surface area (Å²) >= 11 is 0. The second-order valence-electron chi connectivity index (χ2n) is 15.3. The Morgan fingerprint density at radius 2 is 1.16 bits per heavy atom. The van der Waals surface area contributed by atoms with Gasteiger partial charge in [-0.05, 0) is 44.9 Å². The molecule has 0 aliphatic carbocycles. The molecule has 9 heteroatoms. The van der Waals surface area contributed by atoms with Gasteiger partial charge >= 0.3 is 0 Å². The van der Waals surface area contributed by atoms with Crippen molar-refractivity contribution in [3.05, 3.63) is 36.5 Å². The Morgan fingerprint density at radius 3 is 1.67 bits per heavy atom. The number of unbranched alkanes of at least 4 members (excludes halogenated alkanes) is 20. The predicted octanol–water partition coefficient (Wildman–Crippen LogP) is 10.5. The Hall–Kier alpha value is -1.28. The second kappa shape index (κ2) is 34.5. The molecule has 0 radical (unpaired) electrons. The van der Waals surface area contributed by atoms with Crippen molar-refractivity contribution in [2.24, 2.45) is 0 Å². The summed E-state index contributed by atoms with van der Waals surface area (Å²) in [5, 5.41) is 13.5. The first-order chi connectivity index (χ1) is 24.5. The quantitative estimate of drug-likeness (QED) is 0.0284. The third-order valence-electron chi connectivity index (χ3n) is 9.09. The van der Waals surface area contributed by atoms with Gasteiger partial charge in [-0.15, -0.1) is 0 Å². The minimum absolute atomic E-state index is 0.00263. The van der Waals surface area contributed by atoms with Crippen LogP contribution in [0.25, 0.3) is 0 Å². The van der Waals surface area contributed by atoms with Crippen LogP contribution in [0.2, 0.25) is 0 Å². The van der Waals surface area contributed by atoms with Crippen LogP contribution in [0.5, 0.6) is 0 Å². The molecule has 0 aliphatic heterocycles. The molecule has 0 heterocycles. The summed E-state index contributed by atoms with van der Waals surface area (Å²) in [6.07, 6.45) is 41.2. The molecule has 0 aromatic carbocycles. The van der Waals surface area contributed by atoms with E-state index in [2.05, 4.69) is 43.5 Å². The van der Waals surface area contributed by atoms with E-state index < -0.39 is 20.0 Å². The van der Waals surface area contributed by atoms with Gasteiger partial charge in [0.2, 0.25) is 5.91 Å². The molecule has 3 unspecified atom stereocenters. The van der Waals surface area contributed by atoms with E-state index in [0.29, 0.717) is 17.4 Å². The van der Waals surface area contributed by atoms with E-state index in [9.17, 15) is 19.4 Å². The zero-order valence-electron chi connectivity index (χ0n) is 33.8. The first kappa shape index (κ1) is 49.7. The maximum Gasteiger partial charge on any atom is 0.268 e. The summed E-state index contributed by atoms with van der Waals surface area (Å²) in [6, 6.07) is -0.881. The van der Waals surface area contributed by atoms with Crippen molar-refractivity contribution < 1.29 is 32.9 Å². The van der Waals surface area contributed by atoms with Crippen molar-refractivity contribution in [1.82, 2.24) is 5.32 Å². The van der Waals surface area contributed by atoms with Crippen LogP contribution in [0.3, 0.4) is 0 Å². The molecular weight excluding hydrogens is 659 g/mol. The normalized spacial score (nSPS) is 14.9. The van der Waals surface area contributed by atoms with Gasteiger partial charge in [0.25, 0.3) is 7.82 Å². The number of carbonyl (C=O) groups excluding carboxylic acids is 1. The first-order valence-corrected chi connectivity index (χ1v) is 22.3. The molecule has 0 rings (SSSR count). The molecule has 51 heavy (non-hydrogen) atoms. The van der Waals surface area contributed by atoms with E-state index in [1.165, 1.54) is 109 Å². The van der Waals surface area contributed by atoms with Crippen molar-refractivity contribution in [2.75, 3.05) is 40.9 Å². The van der Waals surface area contributed by atoms with Gasteiger partial charge in [0.1, 0.15) is 13.2 Å². The van der Waals surface area contributed by atoms with Crippen molar-refractivity contribution in [3.63, 3.8) is 0 Å². The zero-order chi connectivity index (χ0) is 37.9. The number of nitrogens with one attached hydrogen (secondary N) is 1. The lowest BCUT2D eigenvalue weighted by molar-refractivity contribution is -0.870. The minimum Gasteiger partial charge on any atom is -0.756 e. The van der Waals surface area contributed by atoms with Crippen molar-refractivity contribution >= 4 is 13.7 Å². The molecule has 0 saturated heterocycles. The van der Waals surface area contributed by atoms with Gasteiger partial charge in [-0.2, -0.15) is 0 Å². The van der Waals surface area contributed by atoms with Crippen molar-refractivity contribution in [2.45, 2.75) is 187 Å². The van der Waals surface area contributed by atoms with Gasteiger partial charge in [0.15, 0.2) is 0 Å². The zero-order valence-corrected chi connectivity index (χ0v) is 34.7. The van der Waals surface area contributed by atoms with E-state index in [0.717, 1.165) is 44.9 Å². The highest BCUT2D eigenvalue weighted by molar-refractivity contribution is 7.45. The van der Waals surface area contributed by atoms with E-state index >= 15 is 0 Å². The van der Waals surface area contributed by atoms with E-state index in [-0.39, 0.29) is 19.1 Å². The number of aliphatic hydroxyl groups is 1. The number of aliphatic hydroxyl groups excluding tert-OH is 1. The Balaban J connectivity index is 3.97. The predicted molar refractivity (Wildman–Crippen MR) is 215 cm³/mol. The van der Waals surface area contributed by atoms with Crippen molar-refractivity contribution in [1.29, 1.82) is 0 Å². The summed E-state index contributed by atoms with van der Waals surface area (Å²) in [4.78, 5) is 25.0. The maximum absolute atomic E-state index is 12.7. The van der Waals surface area contributed by atoms with Gasteiger partial charge in [-0.25, -0.2) is 0 Å². The Kier molecular flexibility index (Phi) is 33.6. The van der Waals surface area contributed by atoms with Crippen LogP contribution in [0.15, 0.2) is 36.5 Å². The maximum atomic E-state index is 12.7. The second-order valence-corrected chi connectivity index (χ2v) is 16.8. The molecule has 8 nitrogen and oxygen atoms in total. The van der Waals surface area contributed by atoms with Gasteiger partial charge in [0.05, 0.1) is 39.9 Å². The highest BCUT2D eigenvalue weighted by Crippen LogP contribution is 2.38. The fourth-order valence-corrected chi connectivity index (χ4v) is 6.42. The number of rotatable bonds is 37. The van der Waals surface area contributed by atoms with Crippen molar-refractivity contribution in [3.8, 4) is 0 Å². The van der Waals surface area contributed by atoms with E-state index in [4.69, 9.17) is 9.05 Å². The molecular formula is C42H81N2O6P. The summed E-state index contributed by atoms with van der Waals surface area (Å²) in [5.74, 6) is -0.209. The average molecular weight is 741 g/mol. The molecule has 0 aromatic heterocycles.